The van der Waals surface area contributed by atoms with Gasteiger partial charge in [0.15, 0.2) is 5.58 Å². The van der Waals surface area contributed by atoms with Crippen molar-refractivity contribution in [3.8, 4) is 22.3 Å². The van der Waals surface area contributed by atoms with Gasteiger partial charge in [0.1, 0.15) is 33.6 Å². The Morgan fingerprint density at radius 1 is 0.300 bits per heavy atom. The van der Waals surface area contributed by atoms with Crippen molar-refractivity contribution < 1.29 is 13.3 Å². The zero-order chi connectivity index (χ0) is 39.3. The van der Waals surface area contributed by atoms with Gasteiger partial charge in [0.2, 0.25) is 0 Å². The van der Waals surface area contributed by atoms with E-state index >= 15 is 0 Å². The lowest BCUT2D eigenvalue weighted by molar-refractivity contribution is 0.664. The summed E-state index contributed by atoms with van der Waals surface area (Å²) in [4.78, 5) is 2.34. The number of fused-ring (bicyclic) bond motifs is 11. The third-order valence-electron chi connectivity index (χ3n) is 12.2. The smallest absolute Gasteiger partial charge is 0.160 e. The molecule has 0 saturated heterocycles. The average Bonchev–Trinajstić information content (AvgIpc) is 3.98. The molecule has 0 aliphatic rings. The highest BCUT2D eigenvalue weighted by atomic mass is 16.3. The molecule has 0 atom stereocenters. The number of hydrogen-bond acceptors (Lipinski definition) is 4. The topological polar surface area (TPSA) is 42.7 Å². The second-order valence-corrected chi connectivity index (χ2v) is 15.6. The molecule has 4 nitrogen and oxygen atoms in total. The molecule has 0 aliphatic carbocycles. The Morgan fingerprint density at radius 3 is 1.57 bits per heavy atom. The van der Waals surface area contributed by atoms with E-state index in [-0.39, 0.29) is 0 Å². The van der Waals surface area contributed by atoms with Gasteiger partial charge < -0.3 is 18.2 Å². The van der Waals surface area contributed by atoms with E-state index in [4.69, 9.17) is 13.3 Å². The van der Waals surface area contributed by atoms with E-state index in [2.05, 4.69) is 193 Å². The van der Waals surface area contributed by atoms with Gasteiger partial charge >= 0.3 is 0 Å². The molecule has 60 heavy (non-hydrogen) atoms. The Balaban J connectivity index is 1.10. The van der Waals surface area contributed by atoms with Gasteiger partial charge in [0.25, 0.3) is 0 Å². The second-order valence-electron chi connectivity index (χ2n) is 15.6. The fourth-order valence-corrected chi connectivity index (χ4v) is 9.33. The van der Waals surface area contributed by atoms with Gasteiger partial charge in [-0.05, 0) is 98.9 Å². The van der Waals surface area contributed by atoms with Gasteiger partial charge in [-0.1, -0.05) is 140 Å². The first-order valence-electron chi connectivity index (χ1n) is 20.3. The zero-order valence-corrected chi connectivity index (χ0v) is 32.2. The highest BCUT2D eigenvalue weighted by Gasteiger charge is 2.27. The SMILES string of the molecule is c1ccc(-c2ccc(N(c3ccc(-c4cccc5c4oc4ccccc45)cc3)c3c4oc5cc6ccccc6cc5c4cc4oc5cc6ccccc6cc5c34)cc2)cc1. The maximum atomic E-state index is 7.10. The number of nitrogens with zero attached hydrogens (tertiary/aromatic N) is 1. The van der Waals surface area contributed by atoms with Crippen molar-refractivity contribution in [2.24, 2.45) is 0 Å². The van der Waals surface area contributed by atoms with Crippen molar-refractivity contribution in [1.29, 1.82) is 0 Å². The number of rotatable bonds is 5. The van der Waals surface area contributed by atoms with E-state index in [0.717, 1.165) is 121 Å². The van der Waals surface area contributed by atoms with E-state index in [1.54, 1.807) is 0 Å². The Morgan fingerprint density at radius 2 is 0.850 bits per heavy atom. The van der Waals surface area contributed by atoms with Crippen LogP contribution in [0.3, 0.4) is 0 Å². The Bertz CT molecular complexity index is 3800. The molecule has 0 amide bonds. The van der Waals surface area contributed by atoms with Crippen LogP contribution < -0.4 is 4.90 Å². The number of para-hydroxylation sites is 2. The van der Waals surface area contributed by atoms with Crippen LogP contribution in [-0.2, 0) is 0 Å². The molecule has 4 heteroatoms. The molecule has 3 heterocycles. The van der Waals surface area contributed by atoms with Gasteiger partial charge in [-0.2, -0.15) is 0 Å². The van der Waals surface area contributed by atoms with Crippen LogP contribution in [0.2, 0.25) is 0 Å². The molecule has 13 rings (SSSR count). The minimum Gasteiger partial charge on any atom is -0.456 e. The van der Waals surface area contributed by atoms with Crippen LogP contribution in [0.4, 0.5) is 17.1 Å². The molecular formula is C56H33NO3. The van der Waals surface area contributed by atoms with Crippen LogP contribution in [0.15, 0.2) is 213 Å². The highest BCUT2D eigenvalue weighted by molar-refractivity contribution is 6.26. The van der Waals surface area contributed by atoms with Crippen LogP contribution >= 0.6 is 0 Å². The van der Waals surface area contributed by atoms with Crippen molar-refractivity contribution in [1.82, 2.24) is 0 Å². The van der Waals surface area contributed by atoms with Gasteiger partial charge in [0, 0.05) is 43.9 Å². The Labute approximate surface area is 343 Å². The van der Waals surface area contributed by atoms with Crippen molar-refractivity contribution in [2.75, 3.05) is 4.90 Å². The first kappa shape index (κ1) is 32.9. The van der Waals surface area contributed by atoms with Crippen LogP contribution in [0.25, 0.3) is 110 Å². The third-order valence-corrected chi connectivity index (χ3v) is 12.2. The summed E-state index contributed by atoms with van der Waals surface area (Å²) in [6.45, 7) is 0. The number of benzene rings is 10. The van der Waals surface area contributed by atoms with E-state index in [9.17, 15) is 0 Å². The first-order chi connectivity index (χ1) is 29.7. The zero-order valence-electron chi connectivity index (χ0n) is 32.2. The molecule has 0 spiro atoms. The van der Waals surface area contributed by atoms with Crippen molar-refractivity contribution in [3.63, 3.8) is 0 Å². The normalized spacial score (nSPS) is 12.0. The summed E-state index contributed by atoms with van der Waals surface area (Å²) in [7, 11) is 0. The fourth-order valence-electron chi connectivity index (χ4n) is 9.33. The second kappa shape index (κ2) is 12.7. The lowest BCUT2D eigenvalue weighted by atomic mass is 9.99. The van der Waals surface area contributed by atoms with Gasteiger partial charge in [-0.15, -0.1) is 0 Å². The number of anilines is 3. The quantitative estimate of drug-likeness (QED) is 0.175. The summed E-state index contributed by atoms with van der Waals surface area (Å²) >= 11 is 0. The van der Waals surface area contributed by atoms with Crippen molar-refractivity contribution in [3.05, 3.63) is 200 Å². The highest BCUT2D eigenvalue weighted by Crippen LogP contribution is 2.50. The molecule has 10 aromatic carbocycles. The summed E-state index contributed by atoms with van der Waals surface area (Å²) in [5.74, 6) is 0. The lowest BCUT2D eigenvalue weighted by Gasteiger charge is -2.27. The maximum absolute atomic E-state index is 7.10. The van der Waals surface area contributed by atoms with E-state index in [1.165, 1.54) is 5.56 Å². The molecule has 0 fully saturated rings. The van der Waals surface area contributed by atoms with Crippen LogP contribution in [0, 0.1) is 0 Å². The summed E-state index contributed by atoms with van der Waals surface area (Å²) in [5.41, 5.74) is 12.4. The standard InChI is InChI=1S/C56H33NO3/c1-2-11-34(12-3-1)35-21-25-41(26-22-35)57(42-27-23-36(24-28-42)43-18-10-19-45-44-17-8-9-20-49(44)59-55(43)45)54-53-48-30-38-14-5-7-16-40(38)32-51(48)58-52(53)33-47-46-29-37-13-4-6-15-39(37)31-50(46)60-56(47)54/h1-33H. The van der Waals surface area contributed by atoms with E-state index in [1.807, 2.05) is 12.1 Å². The summed E-state index contributed by atoms with van der Waals surface area (Å²) in [6.07, 6.45) is 0. The monoisotopic (exact) mass is 767 g/mol. The van der Waals surface area contributed by atoms with Crippen molar-refractivity contribution in [2.45, 2.75) is 0 Å². The van der Waals surface area contributed by atoms with Gasteiger partial charge in [0.05, 0.1) is 5.39 Å². The molecule has 0 radical (unpaired) electrons. The molecule has 3 aromatic heterocycles. The maximum Gasteiger partial charge on any atom is 0.160 e. The molecule has 0 aliphatic heterocycles. The first-order valence-corrected chi connectivity index (χ1v) is 20.3. The Hall–Kier alpha value is -8.08. The van der Waals surface area contributed by atoms with E-state index < -0.39 is 0 Å². The minimum atomic E-state index is 0.798. The lowest BCUT2D eigenvalue weighted by Crippen LogP contribution is -2.10. The molecule has 0 N–H and O–H groups in total. The molecule has 280 valence electrons. The minimum absolute atomic E-state index is 0.798. The Kier molecular flexibility index (Phi) is 6.98. The molecular weight excluding hydrogens is 735 g/mol. The predicted octanol–water partition coefficient (Wildman–Crippen LogP) is 16.5. The number of furan rings is 3. The molecule has 13 aromatic rings. The fraction of sp³-hybridized carbons (Fsp3) is 0. The molecule has 0 saturated carbocycles. The molecule has 0 bridgehead atoms. The van der Waals surface area contributed by atoms with Crippen LogP contribution in [0.1, 0.15) is 0 Å². The van der Waals surface area contributed by atoms with Gasteiger partial charge in [-0.25, -0.2) is 0 Å². The van der Waals surface area contributed by atoms with Crippen LogP contribution in [0.5, 0.6) is 0 Å². The molecule has 0 unspecified atom stereocenters. The largest absolute Gasteiger partial charge is 0.456 e. The summed E-state index contributed by atoms with van der Waals surface area (Å²) < 4.78 is 20.5. The van der Waals surface area contributed by atoms with Gasteiger partial charge in [-0.3, -0.25) is 0 Å². The average molecular weight is 768 g/mol. The van der Waals surface area contributed by atoms with E-state index in [0.29, 0.717) is 0 Å². The number of hydrogen-bond donors (Lipinski definition) is 0. The van der Waals surface area contributed by atoms with Crippen LogP contribution in [-0.4, -0.2) is 0 Å². The van der Waals surface area contributed by atoms with Crippen molar-refractivity contribution >= 4 is 104 Å². The summed E-state index contributed by atoms with van der Waals surface area (Å²) in [5, 5.41) is 10.9. The third kappa shape index (κ3) is 4.98. The predicted molar refractivity (Wildman–Crippen MR) is 249 cm³/mol. The summed E-state index contributed by atoms with van der Waals surface area (Å²) in [6, 6.07) is 70.8.